The predicted molar refractivity (Wildman–Crippen MR) is 76.7 cm³/mol. The first kappa shape index (κ1) is 15.9. The van der Waals surface area contributed by atoms with Gasteiger partial charge in [-0.1, -0.05) is 30.3 Å². The second kappa shape index (κ2) is 7.02. The minimum atomic E-state index is -0.634. The average molecular weight is 294 g/mol. The summed E-state index contributed by atoms with van der Waals surface area (Å²) in [5.41, 5.74) is 0.952. The van der Waals surface area contributed by atoms with Gasteiger partial charge in [0.2, 0.25) is 0 Å². The minimum absolute atomic E-state index is 0.103. The van der Waals surface area contributed by atoms with E-state index in [1.807, 2.05) is 44.2 Å². The van der Waals surface area contributed by atoms with Gasteiger partial charge in [0.1, 0.15) is 18.8 Å². The molecule has 21 heavy (non-hydrogen) atoms. The molecular formula is C16H22O5. The molecule has 0 unspecified atom stereocenters. The summed E-state index contributed by atoms with van der Waals surface area (Å²) in [5, 5.41) is 0. The lowest BCUT2D eigenvalue weighted by Gasteiger charge is -2.24. The van der Waals surface area contributed by atoms with Crippen molar-refractivity contribution in [2.75, 3.05) is 19.8 Å². The van der Waals surface area contributed by atoms with E-state index in [4.69, 9.17) is 18.9 Å². The van der Waals surface area contributed by atoms with Crippen LogP contribution in [0.15, 0.2) is 30.3 Å². The van der Waals surface area contributed by atoms with E-state index in [9.17, 15) is 4.79 Å². The molecule has 5 nitrogen and oxygen atoms in total. The molecule has 1 aromatic carbocycles. The number of ether oxygens (including phenoxy) is 4. The van der Waals surface area contributed by atoms with E-state index in [1.165, 1.54) is 0 Å². The van der Waals surface area contributed by atoms with Crippen LogP contribution >= 0.6 is 0 Å². The van der Waals surface area contributed by atoms with Crippen molar-refractivity contribution in [1.29, 1.82) is 0 Å². The van der Waals surface area contributed by atoms with Crippen LogP contribution in [0.5, 0.6) is 0 Å². The van der Waals surface area contributed by atoms with Gasteiger partial charge in [0, 0.05) is 0 Å². The molecule has 1 aliphatic rings. The van der Waals surface area contributed by atoms with E-state index in [1.54, 1.807) is 6.92 Å². The van der Waals surface area contributed by atoms with Crippen molar-refractivity contribution in [3.63, 3.8) is 0 Å². The Labute approximate surface area is 125 Å². The molecule has 0 N–H and O–H groups in total. The lowest BCUT2D eigenvalue weighted by atomic mass is 10.0. The van der Waals surface area contributed by atoms with Gasteiger partial charge in [-0.05, 0) is 26.3 Å². The van der Waals surface area contributed by atoms with Gasteiger partial charge in [0.25, 0.3) is 0 Å². The molecule has 0 amide bonds. The Balaban J connectivity index is 2.06. The summed E-state index contributed by atoms with van der Waals surface area (Å²) in [5.74, 6) is -1.01. The third-order valence-electron chi connectivity index (χ3n) is 3.18. The highest BCUT2D eigenvalue weighted by atomic mass is 16.7. The Morgan fingerprint density at radius 1 is 1.38 bits per heavy atom. The van der Waals surface area contributed by atoms with Gasteiger partial charge in [-0.2, -0.15) is 0 Å². The summed E-state index contributed by atoms with van der Waals surface area (Å²) in [6, 6.07) is 9.69. The van der Waals surface area contributed by atoms with E-state index < -0.39 is 5.79 Å². The molecule has 0 saturated carbocycles. The lowest BCUT2D eigenvalue weighted by molar-refractivity contribution is -0.166. The van der Waals surface area contributed by atoms with Crippen LogP contribution in [-0.2, 0) is 23.7 Å². The Kier molecular flexibility index (Phi) is 5.33. The van der Waals surface area contributed by atoms with E-state index in [0.29, 0.717) is 13.2 Å². The third-order valence-corrected chi connectivity index (χ3v) is 3.18. The zero-order valence-corrected chi connectivity index (χ0v) is 12.7. The summed E-state index contributed by atoms with van der Waals surface area (Å²) in [4.78, 5) is 11.5. The van der Waals surface area contributed by atoms with E-state index in [2.05, 4.69) is 0 Å². The first-order chi connectivity index (χ1) is 10.0. The predicted octanol–water partition coefficient (Wildman–Crippen LogP) is 2.46. The quantitative estimate of drug-likeness (QED) is 0.754. The maximum Gasteiger partial charge on any atom is 0.332 e. The molecule has 5 heteroatoms. The molecule has 2 atom stereocenters. The molecule has 1 aliphatic heterocycles. The van der Waals surface area contributed by atoms with E-state index >= 15 is 0 Å². The van der Waals surface area contributed by atoms with Crippen LogP contribution in [-0.4, -0.2) is 37.7 Å². The van der Waals surface area contributed by atoms with Gasteiger partial charge in [-0.25, -0.2) is 4.79 Å². The highest BCUT2D eigenvalue weighted by molar-refractivity contribution is 5.70. The van der Waals surface area contributed by atoms with Crippen LogP contribution in [0.2, 0.25) is 0 Å². The van der Waals surface area contributed by atoms with Crippen LogP contribution in [0.25, 0.3) is 0 Å². The summed E-state index contributed by atoms with van der Waals surface area (Å²) in [6.07, 6.45) is -0.616. The summed E-state index contributed by atoms with van der Waals surface area (Å²) in [6.45, 7) is 6.15. The first-order valence-electron chi connectivity index (χ1n) is 7.16. The van der Waals surface area contributed by atoms with Crippen LogP contribution in [0.3, 0.4) is 0 Å². The van der Waals surface area contributed by atoms with Crippen LogP contribution in [0.4, 0.5) is 0 Å². The average Bonchev–Trinajstić information content (AvgIpc) is 2.81. The third kappa shape index (κ3) is 4.52. The molecule has 0 bridgehead atoms. The number of hydrogen-bond acceptors (Lipinski definition) is 5. The second-order valence-electron chi connectivity index (χ2n) is 5.31. The zero-order chi connectivity index (χ0) is 15.3. The number of carbonyl (C=O) groups is 1. The van der Waals surface area contributed by atoms with Gasteiger partial charge in [0.15, 0.2) is 5.79 Å². The van der Waals surface area contributed by atoms with Crippen molar-refractivity contribution < 1.29 is 23.7 Å². The van der Waals surface area contributed by atoms with Gasteiger partial charge >= 0.3 is 5.97 Å². The fourth-order valence-electron chi connectivity index (χ4n) is 2.29. The van der Waals surface area contributed by atoms with Gasteiger partial charge < -0.3 is 18.9 Å². The molecule has 1 aromatic rings. The number of esters is 1. The fourth-order valence-corrected chi connectivity index (χ4v) is 2.29. The Morgan fingerprint density at radius 3 is 2.67 bits per heavy atom. The van der Waals surface area contributed by atoms with Gasteiger partial charge in [0.05, 0.1) is 13.2 Å². The molecule has 1 heterocycles. The minimum Gasteiger partial charge on any atom is -0.464 e. The fraction of sp³-hybridized carbons (Fsp3) is 0.562. The largest absolute Gasteiger partial charge is 0.464 e. The number of carbonyl (C=O) groups excluding carboxylic acids is 1. The van der Waals surface area contributed by atoms with Crippen molar-refractivity contribution in [3.8, 4) is 0 Å². The molecule has 0 aromatic heterocycles. The molecular weight excluding hydrogens is 272 g/mol. The summed E-state index contributed by atoms with van der Waals surface area (Å²) < 4.78 is 22.1. The second-order valence-corrected chi connectivity index (χ2v) is 5.31. The molecule has 116 valence electrons. The molecule has 1 saturated heterocycles. The molecule has 2 rings (SSSR count). The number of hydrogen-bond donors (Lipinski definition) is 0. The van der Waals surface area contributed by atoms with Crippen LogP contribution in [0, 0.1) is 0 Å². The highest BCUT2D eigenvalue weighted by Crippen LogP contribution is 2.32. The monoisotopic (exact) mass is 294 g/mol. The molecule has 1 fully saturated rings. The summed E-state index contributed by atoms with van der Waals surface area (Å²) >= 11 is 0. The number of benzene rings is 1. The van der Waals surface area contributed by atoms with Crippen molar-refractivity contribution in [2.24, 2.45) is 0 Å². The zero-order valence-electron chi connectivity index (χ0n) is 12.7. The molecule has 0 radical (unpaired) electrons. The maximum absolute atomic E-state index is 11.5. The Bertz CT molecular complexity index is 457. The van der Waals surface area contributed by atoms with E-state index in [0.717, 1.165) is 5.56 Å². The van der Waals surface area contributed by atoms with Crippen LogP contribution in [0.1, 0.15) is 32.4 Å². The first-order valence-corrected chi connectivity index (χ1v) is 7.16. The molecule has 0 aliphatic carbocycles. The van der Waals surface area contributed by atoms with Crippen molar-refractivity contribution in [3.05, 3.63) is 35.9 Å². The van der Waals surface area contributed by atoms with E-state index in [-0.39, 0.29) is 24.8 Å². The maximum atomic E-state index is 11.5. The Hall–Kier alpha value is -1.43. The van der Waals surface area contributed by atoms with Crippen molar-refractivity contribution >= 4 is 5.97 Å². The summed E-state index contributed by atoms with van der Waals surface area (Å²) in [7, 11) is 0. The smallest absolute Gasteiger partial charge is 0.332 e. The van der Waals surface area contributed by atoms with Crippen molar-refractivity contribution in [1.82, 2.24) is 0 Å². The van der Waals surface area contributed by atoms with Gasteiger partial charge in [-0.15, -0.1) is 0 Å². The topological polar surface area (TPSA) is 54.0 Å². The van der Waals surface area contributed by atoms with Crippen LogP contribution < -0.4 is 0 Å². The molecule has 0 spiro atoms. The number of rotatable bonds is 6. The van der Waals surface area contributed by atoms with Crippen molar-refractivity contribution in [2.45, 2.75) is 38.8 Å². The normalized spacial score (nSPS) is 22.0. The standard InChI is InChI=1S/C16H22O5/c1-4-18-14(17)11-19-15(12-8-6-5-7-9-12)13-10-20-16(2,3)21-13/h5-9,13,15H,4,10-11H2,1-3H3/t13-,15+/m1/s1. The SMILES string of the molecule is CCOC(=O)CO[C@@H](c1ccccc1)[C@H]1COC(C)(C)O1. The highest BCUT2D eigenvalue weighted by Gasteiger charge is 2.38. The van der Waals surface area contributed by atoms with Gasteiger partial charge in [-0.3, -0.25) is 0 Å². The Morgan fingerprint density at radius 2 is 2.10 bits per heavy atom. The lowest BCUT2D eigenvalue weighted by Crippen LogP contribution is -2.28.